The molecule has 0 aromatic rings. The van der Waals surface area contributed by atoms with Crippen molar-refractivity contribution in [3.05, 3.63) is 36.5 Å². The smallest absolute Gasteiger partial charge is 0.463 e. The Hall–Kier alpha value is -1.77. The number of allylic oxidation sites excluding steroid dienone is 6. The summed E-state index contributed by atoms with van der Waals surface area (Å²) in [6.07, 6.45) is 43.6. The fraction of sp³-hybridized carbons (Fsp3) is 0.814. The third-order valence-corrected chi connectivity index (χ3v) is 10.0. The second kappa shape index (κ2) is 39.9. The quantitative estimate of drug-likeness (QED) is 0.0243. The van der Waals surface area contributed by atoms with Crippen molar-refractivity contribution in [1.29, 1.82) is 0 Å². The van der Waals surface area contributed by atoms with Crippen LogP contribution in [0, 0.1) is 0 Å². The van der Waals surface area contributed by atoms with Gasteiger partial charge in [-0.1, -0.05) is 153 Å². The van der Waals surface area contributed by atoms with E-state index in [1.54, 1.807) is 0 Å². The molecule has 10 heteroatoms. The van der Waals surface area contributed by atoms with Gasteiger partial charge in [0.1, 0.15) is 12.7 Å². The zero-order chi connectivity index (χ0) is 38.9. The summed E-state index contributed by atoms with van der Waals surface area (Å²) in [4.78, 5) is 33.8. The molecule has 0 radical (unpaired) electrons. The lowest BCUT2D eigenvalue weighted by molar-refractivity contribution is -0.147. The molecule has 0 aliphatic rings. The number of unbranched alkanes of at least 4 members (excludes halogenated alkanes) is 21. The Kier molecular flexibility index (Phi) is 38.6. The lowest BCUT2D eigenvalue weighted by Crippen LogP contribution is -2.27. The molecule has 2 atom stereocenters. The number of phosphoric ester groups is 1. The predicted octanol–water partition coefficient (Wildman–Crippen LogP) is 11.8. The van der Waals surface area contributed by atoms with Gasteiger partial charge < -0.3 is 20.1 Å². The number of aliphatic hydroxyl groups excluding tert-OH is 1. The number of phosphoric acid groups is 1. The highest BCUT2D eigenvalue weighted by Crippen LogP contribution is 2.42. The van der Waals surface area contributed by atoms with Crippen molar-refractivity contribution in [3.8, 4) is 0 Å². The van der Waals surface area contributed by atoms with Crippen LogP contribution in [0.4, 0.5) is 0 Å². The van der Waals surface area contributed by atoms with E-state index in [9.17, 15) is 24.2 Å². The summed E-state index contributed by atoms with van der Waals surface area (Å²) >= 11 is 0. The predicted molar refractivity (Wildman–Crippen MR) is 220 cm³/mol. The Morgan fingerprint density at radius 3 is 1.58 bits per heavy atom. The van der Waals surface area contributed by atoms with E-state index in [4.69, 9.17) is 13.8 Å². The van der Waals surface area contributed by atoms with E-state index in [1.165, 1.54) is 96.3 Å². The monoisotopic (exact) mass is 770 g/mol. The Labute approximate surface area is 324 Å². The minimum atomic E-state index is -4.41. The van der Waals surface area contributed by atoms with E-state index in [2.05, 4.69) is 55.6 Å². The van der Waals surface area contributed by atoms with Crippen molar-refractivity contribution in [2.24, 2.45) is 0 Å². The molecule has 1 amide bonds. The number of carbonyl (C=O) groups is 2. The molecule has 0 aliphatic heterocycles. The van der Waals surface area contributed by atoms with E-state index in [0.717, 1.165) is 70.6 Å². The first-order valence-electron chi connectivity index (χ1n) is 21.5. The molecule has 0 aromatic heterocycles. The van der Waals surface area contributed by atoms with Crippen molar-refractivity contribution >= 4 is 19.7 Å². The minimum absolute atomic E-state index is 0.0799. The van der Waals surface area contributed by atoms with E-state index in [-0.39, 0.29) is 32.1 Å². The molecular formula is C43H80NO8P. The van der Waals surface area contributed by atoms with Crippen LogP contribution >= 0.6 is 7.82 Å². The van der Waals surface area contributed by atoms with Crippen LogP contribution in [0.1, 0.15) is 194 Å². The first-order valence-corrected chi connectivity index (χ1v) is 23.0. The molecule has 0 aliphatic carbocycles. The molecule has 310 valence electrons. The normalized spacial score (nSPS) is 13.7. The maximum atomic E-state index is 12.1. The van der Waals surface area contributed by atoms with Crippen LogP contribution < -0.4 is 5.32 Å². The number of hydrogen-bond donors (Lipinski definition) is 3. The molecule has 53 heavy (non-hydrogen) atoms. The fourth-order valence-corrected chi connectivity index (χ4v) is 6.50. The van der Waals surface area contributed by atoms with Crippen molar-refractivity contribution in [2.75, 3.05) is 26.4 Å². The summed E-state index contributed by atoms with van der Waals surface area (Å²) in [5.74, 6) is -0.528. The molecule has 0 rings (SSSR count). The maximum Gasteiger partial charge on any atom is 0.472 e. The molecule has 0 heterocycles. The highest BCUT2D eigenvalue weighted by atomic mass is 31.2. The Balaban J connectivity index is 3.57. The van der Waals surface area contributed by atoms with Gasteiger partial charge in [-0.15, -0.1) is 0 Å². The molecule has 0 fully saturated rings. The van der Waals surface area contributed by atoms with Crippen LogP contribution in [0.2, 0.25) is 0 Å². The average molecular weight is 770 g/mol. The molecule has 3 N–H and O–H groups in total. The summed E-state index contributed by atoms with van der Waals surface area (Å²) in [6.45, 7) is 3.48. The largest absolute Gasteiger partial charge is 0.472 e. The van der Waals surface area contributed by atoms with E-state index in [0.29, 0.717) is 6.42 Å². The molecule has 0 spiro atoms. The highest BCUT2D eigenvalue weighted by molar-refractivity contribution is 7.47. The van der Waals surface area contributed by atoms with Gasteiger partial charge in [0.25, 0.3) is 0 Å². The lowest BCUT2D eigenvalue weighted by Gasteiger charge is -2.15. The van der Waals surface area contributed by atoms with E-state index < -0.39 is 26.5 Å². The summed E-state index contributed by atoms with van der Waals surface area (Å²) in [6, 6.07) is 0. The highest BCUT2D eigenvalue weighted by Gasteiger charge is 2.23. The van der Waals surface area contributed by atoms with Gasteiger partial charge in [0.2, 0.25) is 5.91 Å². The van der Waals surface area contributed by atoms with Crippen LogP contribution in [0.15, 0.2) is 36.5 Å². The Morgan fingerprint density at radius 1 is 0.585 bits per heavy atom. The second-order valence-electron chi connectivity index (χ2n) is 14.3. The molecule has 0 saturated heterocycles. The number of aliphatic hydroxyl groups is 1. The molecule has 0 aromatic carbocycles. The van der Waals surface area contributed by atoms with Gasteiger partial charge in [0, 0.05) is 19.4 Å². The topological polar surface area (TPSA) is 131 Å². The molecule has 2 unspecified atom stereocenters. The molecular weight excluding hydrogens is 689 g/mol. The SMILES string of the molecule is CCCC/C=C\CCCCCCCC(=O)OCC(O)COP(=O)(O)OCCNC(=O)CCCCCCCCCCCCC/C=C\C/C=C\CCCCC. The first-order chi connectivity index (χ1) is 25.8. The van der Waals surface area contributed by atoms with Crippen molar-refractivity contribution in [3.63, 3.8) is 0 Å². The zero-order valence-electron chi connectivity index (χ0n) is 34.0. The number of ether oxygens (including phenoxy) is 1. The van der Waals surface area contributed by atoms with Crippen LogP contribution in [-0.4, -0.2) is 54.3 Å². The number of carbonyl (C=O) groups excluding carboxylic acids is 2. The number of rotatable bonds is 40. The molecule has 9 nitrogen and oxygen atoms in total. The number of hydrogen-bond acceptors (Lipinski definition) is 7. The van der Waals surface area contributed by atoms with Gasteiger partial charge in [-0.25, -0.2) is 4.57 Å². The maximum absolute atomic E-state index is 12.1. The third-order valence-electron chi connectivity index (χ3n) is 9.04. The zero-order valence-corrected chi connectivity index (χ0v) is 34.9. The number of amides is 1. The van der Waals surface area contributed by atoms with Crippen LogP contribution in [0.5, 0.6) is 0 Å². The Morgan fingerprint density at radius 2 is 1.04 bits per heavy atom. The van der Waals surface area contributed by atoms with Crippen LogP contribution in [0.25, 0.3) is 0 Å². The summed E-state index contributed by atoms with van der Waals surface area (Å²) in [7, 11) is -4.41. The Bertz CT molecular complexity index is 970. The molecule has 0 bridgehead atoms. The fourth-order valence-electron chi connectivity index (χ4n) is 5.74. The van der Waals surface area contributed by atoms with Crippen molar-refractivity contribution < 1.29 is 37.9 Å². The number of esters is 1. The molecule has 0 saturated carbocycles. The van der Waals surface area contributed by atoms with Crippen molar-refractivity contribution in [1.82, 2.24) is 5.32 Å². The summed E-state index contributed by atoms with van der Waals surface area (Å²) in [5.41, 5.74) is 0. The first kappa shape index (κ1) is 51.2. The van der Waals surface area contributed by atoms with E-state index >= 15 is 0 Å². The summed E-state index contributed by atoms with van der Waals surface area (Å²) < 4.78 is 26.8. The minimum Gasteiger partial charge on any atom is -0.463 e. The van der Waals surface area contributed by atoms with Gasteiger partial charge in [-0.2, -0.15) is 0 Å². The van der Waals surface area contributed by atoms with Crippen molar-refractivity contribution in [2.45, 2.75) is 200 Å². The third kappa shape index (κ3) is 41.2. The second-order valence-corrected chi connectivity index (χ2v) is 15.8. The van der Waals surface area contributed by atoms with Gasteiger partial charge in [0.15, 0.2) is 0 Å². The van der Waals surface area contributed by atoms with Gasteiger partial charge in [0.05, 0.1) is 13.2 Å². The standard InChI is InChI=1S/C43H80NO8P/c1-3-5-7-9-11-13-15-16-17-18-19-20-21-22-23-24-26-27-29-31-33-35-42(46)44-37-38-51-53(48,49)52-40-41(45)39-50-43(47)36-34-32-30-28-25-14-12-10-8-6-4-2/h10-13,16-17,41,45H,3-9,14-15,18-40H2,1-2H3,(H,44,46)(H,48,49)/b12-10-,13-11-,17-16-. The van der Waals surface area contributed by atoms with Gasteiger partial charge >= 0.3 is 13.8 Å². The van der Waals surface area contributed by atoms with Gasteiger partial charge in [-0.05, 0) is 64.2 Å². The van der Waals surface area contributed by atoms with Crippen LogP contribution in [0.3, 0.4) is 0 Å². The summed E-state index contributed by atoms with van der Waals surface area (Å²) in [5, 5.41) is 12.7. The van der Waals surface area contributed by atoms with E-state index in [1.807, 2.05) is 0 Å². The van der Waals surface area contributed by atoms with Crippen LogP contribution in [-0.2, 0) is 27.9 Å². The number of nitrogens with one attached hydrogen (secondary N) is 1. The average Bonchev–Trinajstić information content (AvgIpc) is 3.14. The van der Waals surface area contributed by atoms with Gasteiger partial charge in [-0.3, -0.25) is 18.6 Å². The lowest BCUT2D eigenvalue weighted by atomic mass is 10.0.